The zero-order chi connectivity index (χ0) is 14.9. The summed E-state index contributed by atoms with van der Waals surface area (Å²) in [6.07, 6.45) is 4.62. The summed E-state index contributed by atoms with van der Waals surface area (Å²) >= 11 is 0. The van der Waals surface area contributed by atoms with Crippen LogP contribution in [0.4, 0.5) is 0 Å². The van der Waals surface area contributed by atoms with E-state index in [-0.39, 0.29) is 5.91 Å². The van der Waals surface area contributed by atoms with Gasteiger partial charge in [-0.15, -0.1) is 0 Å². The molecule has 0 aromatic heterocycles. The highest BCUT2D eigenvalue weighted by atomic mass is 16.5. The van der Waals surface area contributed by atoms with Crippen LogP contribution >= 0.6 is 0 Å². The molecule has 2 rings (SSSR count). The van der Waals surface area contributed by atoms with Crippen LogP contribution in [0.15, 0.2) is 36.9 Å². The van der Waals surface area contributed by atoms with Crippen molar-refractivity contribution in [2.75, 3.05) is 26.2 Å². The van der Waals surface area contributed by atoms with Crippen molar-refractivity contribution in [2.24, 2.45) is 0 Å². The number of hydrogen-bond donors (Lipinski definition) is 1. The molecule has 1 heterocycles. The van der Waals surface area contributed by atoms with E-state index in [0.29, 0.717) is 13.0 Å². The van der Waals surface area contributed by atoms with E-state index in [4.69, 9.17) is 4.74 Å². The van der Waals surface area contributed by atoms with E-state index in [2.05, 4.69) is 11.9 Å². The van der Waals surface area contributed by atoms with E-state index in [0.717, 1.165) is 44.8 Å². The highest BCUT2D eigenvalue weighted by Crippen LogP contribution is 2.12. The van der Waals surface area contributed by atoms with Gasteiger partial charge in [0.15, 0.2) is 0 Å². The average Bonchev–Trinajstić information content (AvgIpc) is 3.05. The first-order valence-corrected chi connectivity index (χ1v) is 7.61. The fourth-order valence-corrected chi connectivity index (χ4v) is 2.41. The Kier molecular flexibility index (Phi) is 6.28. The Morgan fingerprint density at radius 3 is 2.67 bits per heavy atom. The Balaban J connectivity index is 1.63. The smallest absolute Gasteiger partial charge is 0.223 e. The maximum Gasteiger partial charge on any atom is 0.223 e. The number of ether oxygens (including phenoxy) is 1. The second-order valence-corrected chi connectivity index (χ2v) is 5.26. The van der Waals surface area contributed by atoms with E-state index in [1.165, 1.54) is 5.56 Å². The van der Waals surface area contributed by atoms with E-state index >= 15 is 0 Å². The lowest BCUT2D eigenvalue weighted by Crippen LogP contribution is -2.30. The molecule has 0 atom stereocenters. The van der Waals surface area contributed by atoms with E-state index < -0.39 is 0 Å². The molecule has 21 heavy (non-hydrogen) atoms. The monoisotopic (exact) mass is 288 g/mol. The number of nitrogens with zero attached hydrogens (tertiary/aromatic N) is 1. The zero-order valence-corrected chi connectivity index (χ0v) is 12.5. The van der Waals surface area contributed by atoms with Crippen molar-refractivity contribution in [1.82, 2.24) is 10.2 Å². The summed E-state index contributed by atoms with van der Waals surface area (Å²) in [6, 6.07) is 7.98. The van der Waals surface area contributed by atoms with Crippen molar-refractivity contribution in [2.45, 2.75) is 25.8 Å². The highest BCUT2D eigenvalue weighted by molar-refractivity contribution is 5.76. The third kappa shape index (κ3) is 5.23. The summed E-state index contributed by atoms with van der Waals surface area (Å²) in [5.41, 5.74) is 1.19. The first-order chi connectivity index (χ1) is 10.3. The van der Waals surface area contributed by atoms with Gasteiger partial charge >= 0.3 is 0 Å². The quantitative estimate of drug-likeness (QED) is 0.590. The van der Waals surface area contributed by atoms with Crippen LogP contribution in [-0.2, 0) is 11.3 Å². The van der Waals surface area contributed by atoms with Gasteiger partial charge in [-0.1, -0.05) is 24.8 Å². The lowest BCUT2D eigenvalue weighted by molar-refractivity contribution is -0.130. The fraction of sp³-hybridized carbons (Fsp3) is 0.471. The number of carbonyl (C=O) groups excluding carboxylic acids is 1. The standard InChI is InChI=1S/C17H24N2O2/c1-2-13-21-16-7-5-15(6-8-16)14-18-10-9-17(20)19-11-3-4-12-19/h2,5-8,18H,1,3-4,9-14H2. The molecule has 0 unspecified atom stereocenters. The van der Waals surface area contributed by atoms with E-state index in [1.54, 1.807) is 6.08 Å². The van der Waals surface area contributed by atoms with Crippen LogP contribution in [0.5, 0.6) is 5.75 Å². The topological polar surface area (TPSA) is 41.6 Å². The molecule has 0 radical (unpaired) electrons. The van der Waals surface area contributed by atoms with Crippen LogP contribution in [0.1, 0.15) is 24.8 Å². The number of nitrogens with one attached hydrogen (secondary N) is 1. The summed E-state index contributed by atoms with van der Waals surface area (Å²) in [5, 5.41) is 3.31. The molecule has 1 aromatic carbocycles. The van der Waals surface area contributed by atoms with Crippen LogP contribution in [0.2, 0.25) is 0 Å². The van der Waals surface area contributed by atoms with Crippen LogP contribution in [0.3, 0.4) is 0 Å². The van der Waals surface area contributed by atoms with Gasteiger partial charge < -0.3 is 15.0 Å². The van der Waals surface area contributed by atoms with E-state index in [9.17, 15) is 4.79 Å². The predicted octanol–water partition coefficient (Wildman–Crippen LogP) is 2.35. The Hall–Kier alpha value is -1.81. The molecule has 4 heteroatoms. The van der Waals surface area contributed by atoms with Gasteiger partial charge in [-0.05, 0) is 30.5 Å². The Bertz CT molecular complexity index is 450. The lowest BCUT2D eigenvalue weighted by atomic mass is 10.2. The van der Waals surface area contributed by atoms with Crippen molar-refractivity contribution >= 4 is 5.91 Å². The van der Waals surface area contributed by atoms with Gasteiger partial charge in [0, 0.05) is 32.6 Å². The molecule has 1 aliphatic rings. The highest BCUT2D eigenvalue weighted by Gasteiger charge is 2.16. The van der Waals surface area contributed by atoms with Gasteiger partial charge in [-0.2, -0.15) is 0 Å². The molecule has 1 N–H and O–H groups in total. The normalized spacial score (nSPS) is 14.2. The predicted molar refractivity (Wildman–Crippen MR) is 84.3 cm³/mol. The third-order valence-corrected chi connectivity index (χ3v) is 3.59. The van der Waals surface area contributed by atoms with Crippen molar-refractivity contribution < 1.29 is 9.53 Å². The maximum atomic E-state index is 11.9. The summed E-state index contributed by atoms with van der Waals surface area (Å²) in [5.74, 6) is 1.12. The second-order valence-electron chi connectivity index (χ2n) is 5.26. The summed E-state index contributed by atoms with van der Waals surface area (Å²) in [6.45, 7) is 7.51. The Morgan fingerprint density at radius 2 is 2.00 bits per heavy atom. The number of rotatable bonds is 8. The van der Waals surface area contributed by atoms with Crippen molar-refractivity contribution in [3.63, 3.8) is 0 Å². The minimum absolute atomic E-state index is 0.271. The van der Waals surface area contributed by atoms with Gasteiger partial charge in [0.1, 0.15) is 12.4 Å². The minimum Gasteiger partial charge on any atom is -0.490 e. The molecular weight excluding hydrogens is 264 g/mol. The summed E-state index contributed by atoms with van der Waals surface area (Å²) < 4.78 is 5.44. The molecule has 1 saturated heterocycles. The Morgan fingerprint density at radius 1 is 1.29 bits per heavy atom. The molecule has 0 spiro atoms. The van der Waals surface area contributed by atoms with Gasteiger partial charge in [0.25, 0.3) is 0 Å². The Labute approximate surface area is 126 Å². The number of benzene rings is 1. The summed E-state index contributed by atoms with van der Waals surface area (Å²) in [4.78, 5) is 13.8. The molecule has 1 aliphatic heterocycles. The lowest BCUT2D eigenvalue weighted by Gasteiger charge is -2.15. The molecule has 4 nitrogen and oxygen atoms in total. The molecule has 1 fully saturated rings. The molecule has 114 valence electrons. The number of amides is 1. The average molecular weight is 288 g/mol. The van der Waals surface area contributed by atoms with Gasteiger partial charge in [-0.3, -0.25) is 4.79 Å². The molecule has 1 aromatic rings. The third-order valence-electron chi connectivity index (χ3n) is 3.59. The van der Waals surface area contributed by atoms with Gasteiger partial charge in [0.2, 0.25) is 5.91 Å². The zero-order valence-electron chi connectivity index (χ0n) is 12.5. The minimum atomic E-state index is 0.271. The van der Waals surface area contributed by atoms with E-state index in [1.807, 2.05) is 29.2 Å². The van der Waals surface area contributed by atoms with Gasteiger partial charge in [0.05, 0.1) is 0 Å². The van der Waals surface area contributed by atoms with Crippen molar-refractivity contribution in [3.8, 4) is 5.75 Å². The molecule has 0 saturated carbocycles. The van der Waals surface area contributed by atoms with Crippen LogP contribution in [-0.4, -0.2) is 37.0 Å². The number of carbonyl (C=O) groups is 1. The maximum absolute atomic E-state index is 11.9. The molecule has 1 amide bonds. The first-order valence-electron chi connectivity index (χ1n) is 7.61. The van der Waals surface area contributed by atoms with Crippen LogP contribution in [0, 0.1) is 0 Å². The van der Waals surface area contributed by atoms with Gasteiger partial charge in [-0.25, -0.2) is 0 Å². The van der Waals surface area contributed by atoms with Crippen molar-refractivity contribution in [3.05, 3.63) is 42.5 Å². The largest absolute Gasteiger partial charge is 0.490 e. The molecule has 0 aliphatic carbocycles. The van der Waals surface area contributed by atoms with Crippen molar-refractivity contribution in [1.29, 1.82) is 0 Å². The second kappa shape index (κ2) is 8.47. The number of likely N-dealkylation sites (tertiary alicyclic amines) is 1. The first kappa shape index (κ1) is 15.6. The van der Waals surface area contributed by atoms with Crippen LogP contribution < -0.4 is 10.1 Å². The fourth-order valence-electron chi connectivity index (χ4n) is 2.41. The summed E-state index contributed by atoms with van der Waals surface area (Å²) in [7, 11) is 0. The SMILES string of the molecule is C=CCOc1ccc(CNCCC(=O)N2CCCC2)cc1. The number of hydrogen-bond acceptors (Lipinski definition) is 3. The molecule has 0 bridgehead atoms. The van der Waals surface area contributed by atoms with Crippen LogP contribution in [0.25, 0.3) is 0 Å². The molecular formula is C17H24N2O2.